The minimum atomic E-state index is -0.281. The van der Waals surface area contributed by atoms with Crippen LogP contribution in [-0.2, 0) is 11.8 Å². The molecule has 2 heterocycles. The fraction of sp³-hybridized carbons (Fsp3) is 0.467. The molecule has 3 N–H and O–H groups in total. The van der Waals surface area contributed by atoms with Gasteiger partial charge in [-0.2, -0.15) is 5.10 Å². The number of hydrogen-bond acceptors (Lipinski definition) is 5. The van der Waals surface area contributed by atoms with E-state index in [0.717, 1.165) is 29.8 Å². The molecule has 3 rings (SSSR count). The van der Waals surface area contributed by atoms with Gasteiger partial charge >= 0.3 is 0 Å². The van der Waals surface area contributed by atoms with Crippen LogP contribution in [0.25, 0.3) is 10.6 Å². The first kappa shape index (κ1) is 15.7. The Morgan fingerprint density at radius 2 is 2.26 bits per heavy atom. The summed E-state index contributed by atoms with van der Waals surface area (Å²) < 4.78 is 1.70. The first-order chi connectivity index (χ1) is 11.0. The molecule has 2 atom stereocenters. The Balaban J connectivity index is 1.64. The van der Waals surface area contributed by atoms with Crippen molar-refractivity contribution in [2.75, 3.05) is 0 Å². The summed E-state index contributed by atoms with van der Waals surface area (Å²) in [7, 11) is 1.84. The molecule has 1 fully saturated rings. The summed E-state index contributed by atoms with van der Waals surface area (Å²) in [4.78, 5) is 28.0. The topological polar surface area (TPSA) is 103 Å². The van der Waals surface area contributed by atoms with Gasteiger partial charge in [-0.1, -0.05) is 6.42 Å². The molecule has 1 aliphatic carbocycles. The Morgan fingerprint density at radius 1 is 1.43 bits per heavy atom. The molecule has 2 aromatic heterocycles. The second-order valence-electron chi connectivity index (χ2n) is 5.88. The van der Waals surface area contributed by atoms with Crippen LogP contribution >= 0.6 is 11.3 Å². The number of nitrogens with one attached hydrogen (secondary N) is 1. The Morgan fingerprint density at radius 3 is 2.96 bits per heavy atom. The maximum absolute atomic E-state index is 12.3. The maximum Gasteiger partial charge on any atom is 0.270 e. The molecule has 7 nitrogen and oxygen atoms in total. The van der Waals surface area contributed by atoms with Gasteiger partial charge in [0.1, 0.15) is 10.7 Å². The van der Waals surface area contributed by atoms with Crippen LogP contribution < -0.4 is 11.1 Å². The lowest BCUT2D eigenvalue weighted by atomic mass is 9.85. The normalized spacial score (nSPS) is 21.1. The van der Waals surface area contributed by atoms with Crippen molar-refractivity contribution in [2.45, 2.75) is 31.7 Å². The molecule has 0 saturated heterocycles. The summed E-state index contributed by atoms with van der Waals surface area (Å²) in [6.07, 6.45) is 6.77. The lowest BCUT2D eigenvalue weighted by Gasteiger charge is -2.27. The molecule has 0 aromatic carbocycles. The van der Waals surface area contributed by atoms with Crippen molar-refractivity contribution < 1.29 is 9.59 Å². The number of primary amides is 1. The number of aromatic nitrogens is 3. The van der Waals surface area contributed by atoms with E-state index in [1.165, 1.54) is 11.3 Å². The van der Waals surface area contributed by atoms with Gasteiger partial charge in [-0.3, -0.25) is 14.3 Å². The molecule has 2 unspecified atom stereocenters. The third kappa shape index (κ3) is 3.58. The van der Waals surface area contributed by atoms with E-state index in [1.807, 2.05) is 13.2 Å². The summed E-state index contributed by atoms with van der Waals surface area (Å²) in [5.74, 6) is -0.626. The minimum absolute atomic E-state index is 0.0164. The van der Waals surface area contributed by atoms with E-state index in [0.29, 0.717) is 12.1 Å². The van der Waals surface area contributed by atoms with Crippen molar-refractivity contribution in [1.82, 2.24) is 20.1 Å². The predicted octanol–water partition coefficient (Wildman–Crippen LogP) is 1.32. The van der Waals surface area contributed by atoms with Crippen LogP contribution in [0.3, 0.4) is 0 Å². The Labute approximate surface area is 137 Å². The van der Waals surface area contributed by atoms with Crippen molar-refractivity contribution in [3.63, 3.8) is 0 Å². The van der Waals surface area contributed by atoms with Crippen LogP contribution in [0.5, 0.6) is 0 Å². The van der Waals surface area contributed by atoms with Crippen LogP contribution in [0.1, 0.15) is 36.2 Å². The van der Waals surface area contributed by atoms with Crippen LogP contribution in [0.4, 0.5) is 0 Å². The minimum Gasteiger partial charge on any atom is -0.369 e. The van der Waals surface area contributed by atoms with E-state index in [2.05, 4.69) is 15.4 Å². The lowest BCUT2D eigenvalue weighted by molar-refractivity contribution is -0.122. The molecule has 23 heavy (non-hydrogen) atoms. The van der Waals surface area contributed by atoms with Gasteiger partial charge in [-0.05, 0) is 19.3 Å². The van der Waals surface area contributed by atoms with Crippen molar-refractivity contribution >= 4 is 23.2 Å². The third-order valence-electron chi connectivity index (χ3n) is 4.10. The summed E-state index contributed by atoms with van der Waals surface area (Å²) in [5, 5.41) is 9.58. The van der Waals surface area contributed by atoms with E-state index in [-0.39, 0.29) is 23.8 Å². The third-order valence-corrected chi connectivity index (χ3v) is 4.99. The van der Waals surface area contributed by atoms with Crippen molar-refractivity contribution in [3.05, 3.63) is 23.5 Å². The van der Waals surface area contributed by atoms with Gasteiger partial charge in [0.15, 0.2) is 0 Å². The molecule has 2 aromatic rings. The van der Waals surface area contributed by atoms with Gasteiger partial charge in [-0.25, -0.2) is 4.98 Å². The molecule has 0 aliphatic heterocycles. The molecular formula is C15H19N5O2S. The number of rotatable bonds is 4. The zero-order chi connectivity index (χ0) is 16.4. The second-order valence-corrected chi connectivity index (χ2v) is 6.73. The monoisotopic (exact) mass is 333 g/mol. The number of aryl methyl sites for hydroxylation is 1. The molecule has 122 valence electrons. The zero-order valence-electron chi connectivity index (χ0n) is 12.9. The molecule has 1 aliphatic rings. The maximum atomic E-state index is 12.3. The number of hydrogen-bond donors (Lipinski definition) is 2. The average Bonchev–Trinajstić information content (AvgIpc) is 3.16. The summed E-state index contributed by atoms with van der Waals surface area (Å²) in [5.41, 5.74) is 6.66. The number of carbonyl (C=O) groups excluding carboxylic acids is 2. The highest BCUT2D eigenvalue weighted by Crippen LogP contribution is 2.25. The molecule has 2 amide bonds. The Kier molecular flexibility index (Phi) is 4.42. The predicted molar refractivity (Wildman–Crippen MR) is 86.7 cm³/mol. The van der Waals surface area contributed by atoms with Gasteiger partial charge in [0, 0.05) is 36.1 Å². The largest absolute Gasteiger partial charge is 0.369 e. The smallest absolute Gasteiger partial charge is 0.270 e. The highest BCUT2D eigenvalue weighted by molar-refractivity contribution is 7.13. The van der Waals surface area contributed by atoms with E-state index in [9.17, 15) is 9.59 Å². The van der Waals surface area contributed by atoms with Crippen molar-refractivity contribution in [1.29, 1.82) is 0 Å². The van der Waals surface area contributed by atoms with Gasteiger partial charge in [-0.15, -0.1) is 11.3 Å². The fourth-order valence-electron chi connectivity index (χ4n) is 2.88. The fourth-order valence-corrected chi connectivity index (χ4v) is 3.66. The highest BCUT2D eigenvalue weighted by atomic mass is 32.1. The van der Waals surface area contributed by atoms with Gasteiger partial charge < -0.3 is 11.1 Å². The van der Waals surface area contributed by atoms with Crippen LogP contribution in [-0.4, -0.2) is 32.6 Å². The van der Waals surface area contributed by atoms with Gasteiger partial charge in [0.25, 0.3) is 5.91 Å². The molecular weight excluding hydrogens is 314 g/mol. The molecule has 1 saturated carbocycles. The van der Waals surface area contributed by atoms with E-state index >= 15 is 0 Å². The molecule has 0 bridgehead atoms. The second kappa shape index (κ2) is 6.49. The van der Waals surface area contributed by atoms with E-state index in [4.69, 9.17) is 5.73 Å². The standard InChI is InChI=1S/C15H19N5O2S/c1-20-7-10(6-17-20)15-19-12(8-23-15)14(22)18-11-4-2-3-9(5-11)13(16)21/h6-9,11H,2-5H2,1H3,(H2,16,21)(H,18,22). The Hall–Kier alpha value is -2.22. The number of thiazole rings is 1. The summed E-state index contributed by atoms with van der Waals surface area (Å²) >= 11 is 1.41. The SMILES string of the molecule is Cn1cc(-c2nc(C(=O)NC3CCCC(C(N)=O)C3)cs2)cn1. The number of amides is 2. The average molecular weight is 333 g/mol. The quantitative estimate of drug-likeness (QED) is 0.880. The van der Waals surface area contributed by atoms with Crippen LogP contribution in [0.15, 0.2) is 17.8 Å². The van der Waals surface area contributed by atoms with E-state index < -0.39 is 0 Å². The van der Waals surface area contributed by atoms with Crippen molar-refractivity contribution in [2.24, 2.45) is 18.7 Å². The zero-order valence-corrected chi connectivity index (χ0v) is 13.7. The number of nitrogens with zero attached hydrogens (tertiary/aromatic N) is 3. The highest BCUT2D eigenvalue weighted by Gasteiger charge is 2.27. The number of nitrogens with two attached hydrogens (primary N) is 1. The van der Waals surface area contributed by atoms with Crippen LogP contribution in [0.2, 0.25) is 0 Å². The molecule has 0 spiro atoms. The van der Waals surface area contributed by atoms with Gasteiger partial charge in [0.05, 0.1) is 6.20 Å². The number of carbonyl (C=O) groups is 2. The Bertz CT molecular complexity index is 723. The molecule has 8 heteroatoms. The van der Waals surface area contributed by atoms with Gasteiger partial charge in [0.2, 0.25) is 5.91 Å². The van der Waals surface area contributed by atoms with E-state index in [1.54, 1.807) is 16.3 Å². The van der Waals surface area contributed by atoms with Crippen molar-refractivity contribution in [3.8, 4) is 10.6 Å². The summed E-state index contributed by atoms with van der Waals surface area (Å²) in [6, 6.07) is -0.0164. The summed E-state index contributed by atoms with van der Waals surface area (Å²) in [6.45, 7) is 0. The first-order valence-corrected chi connectivity index (χ1v) is 8.45. The molecule has 0 radical (unpaired) electrons. The lowest BCUT2D eigenvalue weighted by Crippen LogP contribution is -2.41. The first-order valence-electron chi connectivity index (χ1n) is 7.57. The van der Waals surface area contributed by atoms with Crippen LogP contribution in [0, 0.1) is 5.92 Å².